The Morgan fingerprint density at radius 1 is 1.20 bits per heavy atom. The minimum atomic E-state index is 0. The molecule has 0 radical (unpaired) electrons. The molecule has 0 aliphatic carbocycles. The summed E-state index contributed by atoms with van der Waals surface area (Å²) in [5.41, 5.74) is 3.18. The van der Waals surface area contributed by atoms with E-state index in [9.17, 15) is 0 Å². The molecule has 0 amide bonds. The molecule has 72 valence electrons. The van der Waals surface area contributed by atoms with E-state index in [2.05, 4.69) is 17.1 Å². The van der Waals surface area contributed by atoms with Crippen LogP contribution in [-0.2, 0) is 32.7 Å². The fraction of sp³-hybridized carbons (Fsp3) is 0.0769. The molecule has 0 unspecified atom stereocenters. The van der Waals surface area contributed by atoms with Gasteiger partial charge in [0.15, 0.2) is 0 Å². The van der Waals surface area contributed by atoms with Crippen molar-refractivity contribution in [3.05, 3.63) is 61.8 Å². The SMILES string of the molecule is Cc1[c-]c(-c2[c-]ccnc2)ccc1.[CH3-].[Y+3]. The molecule has 0 N–H and O–H groups in total. The van der Waals surface area contributed by atoms with Crippen molar-refractivity contribution in [2.45, 2.75) is 6.92 Å². The molecule has 0 aliphatic rings. The van der Waals surface area contributed by atoms with Gasteiger partial charge in [-0.2, -0.15) is 24.3 Å². The molecule has 2 heteroatoms. The van der Waals surface area contributed by atoms with E-state index in [1.807, 2.05) is 31.2 Å². The number of aromatic nitrogens is 1. The predicted octanol–water partition coefficient (Wildman–Crippen LogP) is 3.11. The summed E-state index contributed by atoms with van der Waals surface area (Å²) in [6.07, 6.45) is 3.52. The van der Waals surface area contributed by atoms with Gasteiger partial charge in [-0.1, -0.05) is 19.3 Å². The van der Waals surface area contributed by atoms with E-state index in [1.165, 1.54) is 0 Å². The van der Waals surface area contributed by atoms with E-state index >= 15 is 0 Å². The number of rotatable bonds is 1. The van der Waals surface area contributed by atoms with Gasteiger partial charge in [0.1, 0.15) is 0 Å². The summed E-state index contributed by atoms with van der Waals surface area (Å²) >= 11 is 0. The number of benzene rings is 1. The van der Waals surface area contributed by atoms with E-state index in [-0.39, 0.29) is 40.1 Å². The maximum atomic E-state index is 4.04. The standard InChI is InChI=1S/C12H9N.CH3.Y/c1-10-4-2-5-11(8-10)12-6-3-7-13-9-12;;/h2-5,7,9H,1H3;1H3;/q-2;-1;+3. The van der Waals surface area contributed by atoms with Crippen molar-refractivity contribution < 1.29 is 32.7 Å². The number of aryl methyl sites for hydroxylation is 1. The summed E-state index contributed by atoms with van der Waals surface area (Å²) in [6, 6.07) is 14.2. The molecule has 0 bridgehead atoms. The maximum Gasteiger partial charge on any atom is 3.00 e. The van der Waals surface area contributed by atoms with Crippen LogP contribution in [0.1, 0.15) is 5.56 Å². The van der Waals surface area contributed by atoms with Crippen LogP contribution in [0.4, 0.5) is 0 Å². The Morgan fingerprint density at radius 2 is 2.00 bits per heavy atom. The zero-order chi connectivity index (χ0) is 9.10. The Balaban J connectivity index is 0.000000980. The van der Waals surface area contributed by atoms with Gasteiger partial charge in [-0.3, -0.25) is 0 Å². The minimum Gasteiger partial charge on any atom is -0.370 e. The molecule has 1 aromatic heterocycles. The van der Waals surface area contributed by atoms with E-state index in [1.54, 1.807) is 12.4 Å². The molecular formula is C13H12NY. The minimum absolute atomic E-state index is 0. The van der Waals surface area contributed by atoms with Crippen molar-refractivity contribution in [3.8, 4) is 11.1 Å². The summed E-state index contributed by atoms with van der Waals surface area (Å²) in [5.74, 6) is 0. The van der Waals surface area contributed by atoms with Crippen molar-refractivity contribution >= 4 is 0 Å². The fourth-order valence-electron chi connectivity index (χ4n) is 1.21. The molecule has 15 heavy (non-hydrogen) atoms. The van der Waals surface area contributed by atoms with Crippen LogP contribution < -0.4 is 0 Å². The molecule has 0 spiro atoms. The zero-order valence-electron chi connectivity index (χ0n) is 8.99. The summed E-state index contributed by atoms with van der Waals surface area (Å²) in [5, 5.41) is 0. The first-order valence-electron chi connectivity index (χ1n) is 4.17. The van der Waals surface area contributed by atoms with Crippen LogP contribution in [0.3, 0.4) is 0 Å². The third kappa shape index (κ3) is 3.85. The number of hydrogen-bond acceptors (Lipinski definition) is 1. The summed E-state index contributed by atoms with van der Waals surface area (Å²) in [6.45, 7) is 2.03. The topological polar surface area (TPSA) is 12.9 Å². The first-order chi connectivity index (χ1) is 6.36. The number of nitrogens with zero attached hydrogens (tertiary/aromatic N) is 1. The van der Waals surface area contributed by atoms with Crippen LogP contribution in [0, 0.1) is 26.5 Å². The number of hydrogen-bond donors (Lipinski definition) is 0. The van der Waals surface area contributed by atoms with Gasteiger partial charge in [0, 0.05) is 0 Å². The van der Waals surface area contributed by atoms with Crippen LogP contribution >= 0.6 is 0 Å². The molecule has 0 saturated carbocycles. The normalized spacial score (nSPS) is 8.60. The molecule has 1 heterocycles. The third-order valence-corrected chi connectivity index (χ3v) is 1.83. The van der Waals surface area contributed by atoms with E-state index in [0.717, 1.165) is 16.7 Å². The summed E-state index contributed by atoms with van der Waals surface area (Å²) < 4.78 is 0. The molecule has 1 aromatic carbocycles. The Hall–Kier alpha value is -0.526. The first-order valence-corrected chi connectivity index (χ1v) is 4.17. The average Bonchev–Trinajstić information content (AvgIpc) is 2.19. The Labute approximate surface area is 117 Å². The van der Waals surface area contributed by atoms with Gasteiger partial charge in [-0.25, -0.2) is 11.1 Å². The van der Waals surface area contributed by atoms with Crippen LogP contribution in [0.15, 0.2) is 36.7 Å². The average molecular weight is 271 g/mol. The van der Waals surface area contributed by atoms with E-state index < -0.39 is 0 Å². The quantitative estimate of drug-likeness (QED) is 0.726. The van der Waals surface area contributed by atoms with Gasteiger partial charge in [-0.05, 0) is 0 Å². The van der Waals surface area contributed by atoms with Crippen LogP contribution in [0.25, 0.3) is 11.1 Å². The number of pyridine rings is 1. The molecule has 2 rings (SSSR count). The second-order valence-corrected chi connectivity index (χ2v) is 2.90. The molecule has 2 aromatic rings. The van der Waals surface area contributed by atoms with Crippen LogP contribution in [0.5, 0.6) is 0 Å². The predicted molar refractivity (Wildman–Crippen MR) is 58.5 cm³/mol. The Kier molecular flexibility index (Phi) is 6.63. The first kappa shape index (κ1) is 14.5. The van der Waals surface area contributed by atoms with Gasteiger partial charge in [0.25, 0.3) is 0 Å². The van der Waals surface area contributed by atoms with Crippen LogP contribution in [-0.4, -0.2) is 4.98 Å². The van der Waals surface area contributed by atoms with Crippen molar-refractivity contribution in [3.63, 3.8) is 0 Å². The van der Waals surface area contributed by atoms with Crippen molar-refractivity contribution in [1.82, 2.24) is 4.98 Å². The molecule has 1 nitrogen and oxygen atoms in total. The van der Waals surface area contributed by atoms with Gasteiger partial charge in [-0.15, -0.1) is 17.7 Å². The Bertz CT molecular complexity index is 398. The Morgan fingerprint density at radius 3 is 2.60 bits per heavy atom. The van der Waals surface area contributed by atoms with Gasteiger partial charge in [0.05, 0.1) is 0 Å². The summed E-state index contributed by atoms with van der Waals surface area (Å²) in [4.78, 5) is 4.04. The molecule has 0 saturated heterocycles. The summed E-state index contributed by atoms with van der Waals surface area (Å²) in [7, 11) is 0. The van der Waals surface area contributed by atoms with Gasteiger partial charge < -0.3 is 12.4 Å². The second-order valence-electron chi connectivity index (χ2n) is 2.90. The molecule has 0 fully saturated rings. The van der Waals surface area contributed by atoms with E-state index in [0.29, 0.717) is 0 Å². The van der Waals surface area contributed by atoms with Crippen LogP contribution in [0.2, 0.25) is 0 Å². The third-order valence-electron chi connectivity index (χ3n) is 1.83. The van der Waals surface area contributed by atoms with Crippen molar-refractivity contribution in [1.29, 1.82) is 0 Å². The molecule has 0 aliphatic heterocycles. The van der Waals surface area contributed by atoms with E-state index in [4.69, 9.17) is 0 Å². The zero-order valence-corrected chi connectivity index (χ0v) is 11.8. The van der Waals surface area contributed by atoms with Crippen molar-refractivity contribution in [2.24, 2.45) is 0 Å². The second kappa shape index (κ2) is 6.87. The van der Waals surface area contributed by atoms with Gasteiger partial charge >= 0.3 is 32.7 Å². The fourth-order valence-corrected chi connectivity index (χ4v) is 1.21. The molecular weight excluding hydrogens is 259 g/mol. The smallest absolute Gasteiger partial charge is 0.370 e. The maximum absolute atomic E-state index is 4.04. The monoisotopic (exact) mass is 271 g/mol. The largest absolute Gasteiger partial charge is 3.00 e. The van der Waals surface area contributed by atoms with Gasteiger partial charge in [0.2, 0.25) is 0 Å². The van der Waals surface area contributed by atoms with Crippen molar-refractivity contribution in [2.75, 3.05) is 0 Å². The molecule has 0 atom stereocenters.